The van der Waals surface area contributed by atoms with Crippen molar-refractivity contribution in [2.24, 2.45) is 5.92 Å². The van der Waals surface area contributed by atoms with Gasteiger partial charge in [0.25, 0.3) is 5.88 Å². The van der Waals surface area contributed by atoms with Crippen LogP contribution in [0.25, 0.3) is 16.9 Å². The van der Waals surface area contributed by atoms with E-state index in [4.69, 9.17) is 9.47 Å². The van der Waals surface area contributed by atoms with E-state index in [0.29, 0.717) is 42.0 Å². The molecule has 1 N–H and O–H groups in total. The van der Waals surface area contributed by atoms with Gasteiger partial charge in [-0.15, -0.1) is 0 Å². The molecule has 30 heavy (non-hydrogen) atoms. The summed E-state index contributed by atoms with van der Waals surface area (Å²) in [6.07, 6.45) is 8.09. The second-order valence-corrected chi connectivity index (χ2v) is 7.45. The van der Waals surface area contributed by atoms with Crippen LogP contribution < -0.4 is 14.8 Å². The molecule has 1 fully saturated rings. The number of carbonyl (C=O) groups excluding carboxylic acids is 1. The van der Waals surface area contributed by atoms with Crippen LogP contribution in [0.4, 0.5) is 4.79 Å². The number of hydrogen-bond donors (Lipinski definition) is 1. The molecule has 2 amide bonds. The highest BCUT2D eigenvalue weighted by Gasteiger charge is 2.34. The number of hydrogen-bond acceptors (Lipinski definition) is 6. The molecule has 1 aliphatic rings. The van der Waals surface area contributed by atoms with Crippen molar-refractivity contribution in [2.75, 3.05) is 20.8 Å². The highest BCUT2D eigenvalue weighted by molar-refractivity contribution is 5.75. The normalized spacial score (nSPS) is 17.6. The standard InChI is InChI=1S/C21H26N6O3/c1-5-26(21(28)25-16-8-13(16)2)11-14-9-15(18(29-3)10-23-14)17-12-27-7-6-22-19(27)20(24-17)30-4/h6-7,9-10,12-13,16H,5,8,11H2,1-4H3,(H,25,28). The lowest BCUT2D eigenvalue weighted by atomic mass is 10.1. The maximum atomic E-state index is 12.6. The van der Waals surface area contributed by atoms with Gasteiger partial charge >= 0.3 is 6.03 Å². The number of urea groups is 1. The number of fused-ring (bicyclic) bond motifs is 1. The monoisotopic (exact) mass is 410 g/mol. The van der Waals surface area contributed by atoms with Gasteiger partial charge in [-0.1, -0.05) is 6.92 Å². The van der Waals surface area contributed by atoms with Gasteiger partial charge in [0.05, 0.1) is 38.3 Å². The van der Waals surface area contributed by atoms with Crippen molar-refractivity contribution in [2.45, 2.75) is 32.9 Å². The Morgan fingerprint density at radius 3 is 2.80 bits per heavy atom. The zero-order valence-corrected chi connectivity index (χ0v) is 17.6. The van der Waals surface area contributed by atoms with E-state index in [2.05, 4.69) is 27.2 Å². The van der Waals surface area contributed by atoms with E-state index in [-0.39, 0.29) is 12.1 Å². The van der Waals surface area contributed by atoms with E-state index >= 15 is 0 Å². The molecule has 3 heterocycles. The molecule has 1 saturated carbocycles. The average Bonchev–Trinajstić information content (AvgIpc) is 3.24. The van der Waals surface area contributed by atoms with Crippen molar-refractivity contribution in [3.05, 3.63) is 36.5 Å². The third kappa shape index (κ3) is 3.87. The molecule has 4 rings (SSSR count). The van der Waals surface area contributed by atoms with Crippen molar-refractivity contribution in [3.8, 4) is 22.9 Å². The Balaban J connectivity index is 1.64. The molecule has 0 saturated heterocycles. The molecule has 3 aromatic heterocycles. The second-order valence-electron chi connectivity index (χ2n) is 7.45. The van der Waals surface area contributed by atoms with Crippen molar-refractivity contribution >= 4 is 11.7 Å². The Kier molecular flexibility index (Phi) is 5.43. The van der Waals surface area contributed by atoms with Gasteiger partial charge in [0.2, 0.25) is 0 Å². The lowest BCUT2D eigenvalue weighted by Gasteiger charge is -2.21. The summed E-state index contributed by atoms with van der Waals surface area (Å²) in [6, 6.07) is 2.12. The number of carbonyl (C=O) groups is 1. The molecule has 158 valence electrons. The van der Waals surface area contributed by atoms with Crippen molar-refractivity contribution in [1.29, 1.82) is 0 Å². The summed E-state index contributed by atoms with van der Waals surface area (Å²) in [4.78, 5) is 27.7. The number of rotatable bonds is 7. The second kappa shape index (κ2) is 8.17. The molecule has 3 aromatic rings. The minimum absolute atomic E-state index is 0.0642. The third-order valence-corrected chi connectivity index (χ3v) is 5.40. The van der Waals surface area contributed by atoms with Gasteiger partial charge in [0.15, 0.2) is 5.65 Å². The minimum Gasteiger partial charge on any atom is -0.494 e. The number of ether oxygens (including phenoxy) is 2. The van der Waals surface area contributed by atoms with Crippen LogP contribution >= 0.6 is 0 Å². The van der Waals surface area contributed by atoms with E-state index in [1.54, 1.807) is 31.5 Å². The zero-order chi connectivity index (χ0) is 21.3. The predicted octanol–water partition coefficient (Wildman–Crippen LogP) is 2.75. The Labute approximate surface area is 175 Å². The van der Waals surface area contributed by atoms with Crippen LogP contribution in [0.5, 0.6) is 11.6 Å². The highest BCUT2D eigenvalue weighted by atomic mass is 16.5. The quantitative estimate of drug-likeness (QED) is 0.644. The summed E-state index contributed by atoms with van der Waals surface area (Å²) < 4.78 is 12.8. The number of nitrogens with zero attached hydrogens (tertiary/aromatic N) is 5. The molecule has 1 aliphatic carbocycles. The summed E-state index contributed by atoms with van der Waals surface area (Å²) in [7, 11) is 3.16. The molecule has 0 aliphatic heterocycles. The molecule has 9 heteroatoms. The molecule has 0 spiro atoms. The van der Waals surface area contributed by atoms with Gasteiger partial charge in [0.1, 0.15) is 5.75 Å². The number of pyridine rings is 1. The van der Waals surface area contributed by atoms with E-state index < -0.39 is 0 Å². The maximum absolute atomic E-state index is 12.6. The van der Waals surface area contributed by atoms with Gasteiger partial charge in [0, 0.05) is 36.7 Å². The van der Waals surface area contributed by atoms with E-state index in [1.807, 2.05) is 29.8 Å². The molecular formula is C21H26N6O3. The van der Waals surface area contributed by atoms with E-state index in [1.165, 1.54) is 0 Å². The first-order valence-corrected chi connectivity index (χ1v) is 10.0. The van der Waals surface area contributed by atoms with Gasteiger partial charge in [-0.05, 0) is 25.3 Å². The number of methoxy groups -OCH3 is 2. The Bertz CT molecular complexity index is 1070. The van der Waals surface area contributed by atoms with Crippen LogP contribution in [-0.2, 0) is 6.54 Å². The fourth-order valence-corrected chi connectivity index (χ4v) is 3.40. The summed E-state index contributed by atoms with van der Waals surface area (Å²) in [5, 5.41) is 3.07. The zero-order valence-electron chi connectivity index (χ0n) is 17.6. The first kappa shape index (κ1) is 19.9. The fourth-order valence-electron chi connectivity index (χ4n) is 3.40. The first-order valence-electron chi connectivity index (χ1n) is 10.0. The van der Waals surface area contributed by atoms with Crippen LogP contribution in [0.3, 0.4) is 0 Å². The van der Waals surface area contributed by atoms with Crippen molar-refractivity contribution in [1.82, 2.24) is 29.6 Å². The van der Waals surface area contributed by atoms with E-state index in [0.717, 1.165) is 17.7 Å². The van der Waals surface area contributed by atoms with Crippen LogP contribution in [0, 0.1) is 5.92 Å². The molecular weight excluding hydrogens is 384 g/mol. The fraction of sp³-hybridized carbons (Fsp3) is 0.429. The minimum atomic E-state index is -0.0642. The molecule has 2 atom stereocenters. The number of nitrogens with one attached hydrogen (secondary N) is 1. The highest BCUT2D eigenvalue weighted by Crippen LogP contribution is 2.31. The number of aromatic nitrogens is 4. The molecule has 0 bridgehead atoms. The SMILES string of the molecule is CCN(Cc1cc(-c2cn3ccnc3c(OC)n2)c(OC)cn1)C(=O)NC1CC1C. The van der Waals surface area contributed by atoms with Crippen LogP contribution in [-0.4, -0.2) is 57.1 Å². The average molecular weight is 410 g/mol. The summed E-state index contributed by atoms with van der Waals surface area (Å²) in [6.45, 7) is 5.07. The Morgan fingerprint density at radius 2 is 2.13 bits per heavy atom. The molecule has 0 radical (unpaired) electrons. The lowest BCUT2D eigenvalue weighted by Crippen LogP contribution is -2.41. The largest absolute Gasteiger partial charge is 0.494 e. The van der Waals surface area contributed by atoms with Crippen molar-refractivity contribution < 1.29 is 14.3 Å². The van der Waals surface area contributed by atoms with Gasteiger partial charge < -0.3 is 24.1 Å². The first-order chi connectivity index (χ1) is 14.5. The van der Waals surface area contributed by atoms with Crippen LogP contribution in [0.15, 0.2) is 30.9 Å². The molecule has 0 aromatic carbocycles. The topological polar surface area (TPSA) is 93.9 Å². The smallest absolute Gasteiger partial charge is 0.317 e. The van der Waals surface area contributed by atoms with Gasteiger partial charge in [-0.3, -0.25) is 4.98 Å². The Hall–Kier alpha value is -3.36. The number of imidazole rings is 1. The number of amides is 2. The summed E-state index contributed by atoms with van der Waals surface area (Å²) in [5.41, 5.74) is 2.82. The van der Waals surface area contributed by atoms with Crippen LogP contribution in [0.2, 0.25) is 0 Å². The van der Waals surface area contributed by atoms with Crippen molar-refractivity contribution in [3.63, 3.8) is 0 Å². The third-order valence-electron chi connectivity index (χ3n) is 5.40. The lowest BCUT2D eigenvalue weighted by molar-refractivity contribution is 0.196. The molecule has 2 unspecified atom stereocenters. The summed E-state index contributed by atoms with van der Waals surface area (Å²) in [5.74, 6) is 1.57. The van der Waals surface area contributed by atoms with E-state index in [9.17, 15) is 4.79 Å². The van der Waals surface area contributed by atoms with Gasteiger partial charge in [-0.2, -0.15) is 0 Å². The predicted molar refractivity (Wildman–Crippen MR) is 112 cm³/mol. The Morgan fingerprint density at radius 1 is 1.33 bits per heavy atom. The summed E-state index contributed by atoms with van der Waals surface area (Å²) >= 11 is 0. The molecule has 9 nitrogen and oxygen atoms in total. The maximum Gasteiger partial charge on any atom is 0.317 e. The van der Waals surface area contributed by atoms with Crippen LogP contribution in [0.1, 0.15) is 26.0 Å². The van der Waals surface area contributed by atoms with Gasteiger partial charge in [-0.25, -0.2) is 14.8 Å².